The van der Waals surface area contributed by atoms with Crippen molar-refractivity contribution in [3.05, 3.63) is 47.5 Å². The number of amides is 1. The number of sulfonamides is 1. The summed E-state index contributed by atoms with van der Waals surface area (Å²) < 4.78 is 38.6. The molecule has 0 aliphatic carbocycles. The Bertz CT molecular complexity index is 1100. The molecular weight excluding hydrogens is 442 g/mol. The molecule has 0 radical (unpaired) electrons. The van der Waals surface area contributed by atoms with Crippen LogP contribution in [0.25, 0.3) is 0 Å². The average molecular weight is 476 g/mol. The second kappa shape index (κ2) is 10.5. The number of benzene rings is 2. The summed E-state index contributed by atoms with van der Waals surface area (Å²) in [5, 5.41) is 2.86. The summed E-state index contributed by atoms with van der Waals surface area (Å²) in [5.74, 6) is 1.23. The normalized spacial score (nSPS) is 14.4. The topological polar surface area (TPSA) is 88.2 Å². The van der Waals surface area contributed by atoms with Crippen LogP contribution in [0.1, 0.15) is 31.9 Å². The first-order valence-corrected chi connectivity index (χ1v) is 12.6. The van der Waals surface area contributed by atoms with E-state index in [0.717, 1.165) is 11.3 Å². The predicted molar refractivity (Wildman–Crippen MR) is 128 cm³/mol. The van der Waals surface area contributed by atoms with Gasteiger partial charge in [0.2, 0.25) is 15.9 Å². The molecule has 1 amide bonds. The molecule has 0 saturated heterocycles. The number of likely N-dealkylation sites (N-methyl/N-ethyl adjacent to an activating group) is 1. The van der Waals surface area contributed by atoms with Crippen molar-refractivity contribution < 1.29 is 22.7 Å². The fourth-order valence-corrected chi connectivity index (χ4v) is 5.43. The van der Waals surface area contributed by atoms with Crippen molar-refractivity contribution in [2.45, 2.75) is 45.2 Å². The lowest BCUT2D eigenvalue weighted by Gasteiger charge is -2.25. The molecule has 1 N–H and O–H groups in total. The van der Waals surface area contributed by atoms with Gasteiger partial charge in [-0.2, -0.15) is 4.31 Å². The van der Waals surface area contributed by atoms with E-state index in [2.05, 4.69) is 5.32 Å². The van der Waals surface area contributed by atoms with Gasteiger partial charge in [0.15, 0.2) is 11.5 Å². The van der Waals surface area contributed by atoms with E-state index in [0.29, 0.717) is 49.8 Å². The standard InChI is InChI=1S/C24H33N3O5S/c1-6-27(7-2)33(29,30)23-15-20(10-8-17(23)3)25-24(28)18(4)26(5)16-19-9-11-21-22(14-19)32-13-12-31-21/h8-11,14-15,18H,6-7,12-13,16H2,1-5H3,(H,25,28). The third-order valence-electron chi connectivity index (χ3n) is 5.86. The minimum Gasteiger partial charge on any atom is -0.486 e. The van der Waals surface area contributed by atoms with E-state index in [1.54, 1.807) is 32.9 Å². The maximum absolute atomic E-state index is 13.0. The molecule has 2 aromatic rings. The number of nitrogens with zero attached hydrogens (tertiary/aromatic N) is 2. The highest BCUT2D eigenvalue weighted by Gasteiger charge is 2.25. The maximum Gasteiger partial charge on any atom is 0.243 e. The first kappa shape index (κ1) is 25.0. The van der Waals surface area contributed by atoms with Gasteiger partial charge < -0.3 is 14.8 Å². The van der Waals surface area contributed by atoms with Crippen molar-refractivity contribution in [2.24, 2.45) is 0 Å². The zero-order valence-electron chi connectivity index (χ0n) is 19.9. The van der Waals surface area contributed by atoms with Crippen LogP contribution in [-0.4, -0.2) is 62.9 Å². The van der Waals surface area contributed by atoms with Crippen molar-refractivity contribution in [1.29, 1.82) is 0 Å². The molecule has 1 heterocycles. The van der Waals surface area contributed by atoms with Crippen LogP contribution >= 0.6 is 0 Å². The monoisotopic (exact) mass is 475 g/mol. The SMILES string of the molecule is CCN(CC)S(=O)(=O)c1cc(NC(=O)C(C)N(C)Cc2ccc3c(c2)OCCO3)ccc1C. The van der Waals surface area contributed by atoms with E-state index >= 15 is 0 Å². The second-order valence-corrected chi connectivity index (χ2v) is 10.0. The zero-order chi connectivity index (χ0) is 24.2. The van der Waals surface area contributed by atoms with Gasteiger partial charge in [-0.05, 0) is 56.3 Å². The Morgan fingerprint density at radius 3 is 2.39 bits per heavy atom. The molecular formula is C24H33N3O5S. The Labute approximate surface area is 196 Å². The molecule has 0 bridgehead atoms. The Morgan fingerprint density at radius 1 is 1.06 bits per heavy atom. The molecule has 180 valence electrons. The summed E-state index contributed by atoms with van der Waals surface area (Å²) in [5.41, 5.74) is 2.10. The molecule has 2 aromatic carbocycles. The van der Waals surface area contributed by atoms with Crippen molar-refractivity contribution in [2.75, 3.05) is 38.7 Å². The summed E-state index contributed by atoms with van der Waals surface area (Å²) in [7, 11) is -1.76. The largest absolute Gasteiger partial charge is 0.486 e. The van der Waals surface area contributed by atoms with E-state index in [9.17, 15) is 13.2 Å². The van der Waals surface area contributed by atoms with Gasteiger partial charge in [0, 0.05) is 25.3 Å². The summed E-state index contributed by atoms with van der Waals surface area (Å²) >= 11 is 0. The van der Waals surface area contributed by atoms with Crippen LogP contribution < -0.4 is 14.8 Å². The highest BCUT2D eigenvalue weighted by Crippen LogP contribution is 2.31. The Hall–Kier alpha value is -2.62. The third-order valence-corrected chi connectivity index (χ3v) is 8.05. The highest BCUT2D eigenvalue weighted by molar-refractivity contribution is 7.89. The molecule has 1 aliphatic rings. The highest BCUT2D eigenvalue weighted by atomic mass is 32.2. The Morgan fingerprint density at radius 2 is 1.73 bits per heavy atom. The van der Waals surface area contributed by atoms with E-state index in [4.69, 9.17) is 9.47 Å². The molecule has 0 fully saturated rings. The first-order chi connectivity index (χ1) is 15.7. The summed E-state index contributed by atoms with van der Waals surface area (Å²) in [4.78, 5) is 15.0. The maximum atomic E-state index is 13.0. The second-order valence-electron chi connectivity index (χ2n) is 8.13. The number of nitrogens with one attached hydrogen (secondary N) is 1. The number of ether oxygens (including phenoxy) is 2. The van der Waals surface area contributed by atoms with Crippen LogP contribution in [0.3, 0.4) is 0 Å². The van der Waals surface area contributed by atoms with Crippen LogP contribution in [0, 0.1) is 6.92 Å². The zero-order valence-corrected chi connectivity index (χ0v) is 20.7. The van der Waals surface area contributed by atoms with Crippen molar-refractivity contribution in [3.8, 4) is 11.5 Å². The van der Waals surface area contributed by atoms with Gasteiger partial charge in [0.1, 0.15) is 13.2 Å². The molecule has 8 nitrogen and oxygen atoms in total. The molecule has 1 aliphatic heterocycles. The fraction of sp³-hybridized carbons (Fsp3) is 0.458. The van der Waals surface area contributed by atoms with Crippen molar-refractivity contribution in [1.82, 2.24) is 9.21 Å². The van der Waals surface area contributed by atoms with Gasteiger partial charge in [-0.15, -0.1) is 0 Å². The molecule has 33 heavy (non-hydrogen) atoms. The van der Waals surface area contributed by atoms with E-state index < -0.39 is 16.1 Å². The van der Waals surface area contributed by atoms with E-state index in [1.165, 1.54) is 10.4 Å². The van der Waals surface area contributed by atoms with E-state index in [1.807, 2.05) is 37.1 Å². The summed E-state index contributed by atoms with van der Waals surface area (Å²) in [6.45, 7) is 9.56. The van der Waals surface area contributed by atoms with Gasteiger partial charge in [0.05, 0.1) is 10.9 Å². The number of fused-ring (bicyclic) bond motifs is 1. The molecule has 0 saturated carbocycles. The number of carbonyl (C=O) groups excluding carboxylic acids is 1. The van der Waals surface area contributed by atoms with Crippen LogP contribution in [-0.2, 0) is 21.4 Å². The number of rotatable bonds is 9. The minimum absolute atomic E-state index is 0.210. The van der Waals surface area contributed by atoms with Gasteiger partial charge in [-0.3, -0.25) is 9.69 Å². The molecule has 9 heteroatoms. The van der Waals surface area contributed by atoms with Crippen LogP contribution in [0.15, 0.2) is 41.3 Å². The van der Waals surface area contributed by atoms with Crippen molar-refractivity contribution in [3.63, 3.8) is 0 Å². The molecule has 0 spiro atoms. The number of hydrogen-bond donors (Lipinski definition) is 1. The molecule has 3 rings (SSSR count). The Kier molecular flexibility index (Phi) is 7.99. The van der Waals surface area contributed by atoms with E-state index in [-0.39, 0.29) is 10.8 Å². The number of anilines is 1. The van der Waals surface area contributed by atoms with Gasteiger partial charge in [-0.25, -0.2) is 8.42 Å². The predicted octanol–water partition coefficient (Wildman–Crippen LogP) is 3.26. The lowest BCUT2D eigenvalue weighted by atomic mass is 10.1. The van der Waals surface area contributed by atoms with Crippen LogP contribution in [0.4, 0.5) is 5.69 Å². The smallest absolute Gasteiger partial charge is 0.243 e. The summed E-state index contributed by atoms with van der Waals surface area (Å²) in [6.07, 6.45) is 0. The quantitative estimate of drug-likeness (QED) is 0.599. The number of carbonyl (C=O) groups is 1. The van der Waals surface area contributed by atoms with Crippen LogP contribution in [0.2, 0.25) is 0 Å². The van der Waals surface area contributed by atoms with Gasteiger partial charge in [-0.1, -0.05) is 26.0 Å². The number of hydrogen-bond acceptors (Lipinski definition) is 6. The van der Waals surface area contributed by atoms with Gasteiger partial charge in [0.25, 0.3) is 0 Å². The average Bonchev–Trinajstić information content (AvgIpc) is 2.80. The first-order valence-electron chi connectivity index (χ1n) is 11.2. The fourth-order valence-electron chi connectivity index (χ4n) is 3.72. The number of aryl methyl sites for hydroxylation is 1. The molecule has 1 unspecified atom stereocenters. The van der Waals surface area contributed by atoms with Gasteiger partial charge >= 0.3 is 0 Å². The summed E-state index contributed by atoms with van der Waals surface area (Å²) in [6, 6.07) is 10.3. The Balaban J connectivity index is 1.70. The van der Waals surface area contributed by atoms with Crippen LogP contribution in [0.5, 0.6) is 11.5 Å². The third kappa shape index (κ3) is 5.66. The lowest BCUT2D eigenvalue weighted by Crippen LogP contribution is -2.39. The van der Waals surface area contributed by atoms with Crippen molar-refractivity contribution >= 4 is 21.6 Å². The molecule has 1 atom stereocenters. The molecule has 0 aromatic heterocycles. The lowest BCUT2D eigenvalue weighted by molar-refractivity contribution is -0.120. The minimum atomic E-state index is -3.63.